The summed E-state index contributed by atoms with van der Waals surface area (Å²) in [6.07, 6.45) is 13.9. The first-order chi connectivity index (χ1) is 23.4. The molecule has 49 heavy (non-hydrogen) atoms. The third kappa shape index (κ3) is 9.16. The lowest BCUT2D eigenvalue weighted by atomic mass is 9.93. The number of nitrogens with one attached hydrogen (secondary N) is 1. The number of anilines is 2. The largest absolute Gasteiger partial charge is 0.492 e. The van der Waals surface area contributed by atoms with E-state index in [1.165, 1.54) is 64.1 Å². The average Bonchev–Trinajstić information content (AvgIpc) is 3.06. The summed E-state index contributed by atoms with van der Waals surface area (Å²) in [6.45, 7) is 1.78. The molecule has 0 spiro atoms. The monoisotopic (exact) mass is 694 g/mol. The van der Waals surface area contributed by atoms with E-state index in [9.17, 15) is 18.4 Å². The van der Waals surface area contributed by atoms with Crippen LogP contribution in [-0.2, 0) is 0 Å². The Labute approximate surface area is 292 Å². The number of fused-ring (bicyclic) bond motifs is 1. The van der Waals surface area contributed by atoms with E-state index in [0.717, 1.165) is 35.5 Å². The number of quaternary nitrogens is 1. The van der Waals surface area contributed by atoms with E-state index in [1.54, 1.807) is 39.8 Å². The minimum Gasteiger partial charge on any atom is -0.492 e. The van der Waals surface area contributed by atoms with Crippen LogP contribution in [0.2, 0.25) is 5.02 Å². The first-order valence-corrected chi connectivity index (χ1v) is 17.6. The fraction of sp³-hybridized carbons (Fsp3) is 0.447. The molecular formula is C38H47ClF2N5O3+. The molecule has 8 nitrogen and oxygen atoms in total. The van der Waals surface area contributed by atoms with Crippen LogP contribution in [0.25, 0.3) is 16.7 Å². The SMILES string of the molecule is CN(C)c1ccc2c(=O)c(C(=O)Nc3cc(F)cc(F)c3)cn(-c3ccc(OCCCCCCC[N+](C)(C)C4CCCCC4)c(Cl)c3)c2n1. The Morgan fingerprint density at radius 2 is 1.67 bits per heavy atom. The van der Waals surface area contributed by atoms with Crippen LogP contribution >= 0.6 is 11.6 Å². The second-order valence-corrected chi connectivity index (χ2v) is 14.2. The van der Waals surface area contributed by atoms with Gasteiger partial charge in [-0.25, -0.2) is 13.8 Å². The molecule has 1 N–H and O–H groups in total. The lowest BCUT2D eigenvalue weighted by molar-refractivity contribution is -0.916. The molecule has 5 rings (SSSR count). The van der Waals surface area contributed by atoms with Gasteiger partial charge in [0.15, 0.2) is 5.65 Å². The van der Waals surface area contributed by atoms with E-state index in [2.05, 4.69) is 24.4 Å². The highest BCUT2D eigenvalue weighted by molar-refractivity contribution is 6.32. The van der Waals surface area contributed by atoms with Crippen molar-refractivity contribution in [3.63, 3.8) is 0 Å². The van der Waals surface area contributed by atoms with Gasteiger partial charge in [-0.2, -0.15) is 0 Å². The van der Waals surface area contributed by atoms with Crippen molar-refractivity contribution in [1.29, 1.82) is 0 Å². The van der Waals surface area contributed by atoms with Crippen LogP contribution in [0, 0.1) is 11.6 Å². The molecule has 4 aromatic rings. The highest BCUT2D eigenvalue weighted by Crippen LogP contribution is 2.30. The first-order valence-electron chi connectivity index (χ1n) is 17.2. The fourth-order valence-corrected chi connectivity index (χ4v) is 6.91. The molecule has 1 saturated carbocycles. The molecule has 0 atom stereocenters. The van der Waals surface area contributed by atoms with Gasteiger partial charge in [-0.05, 0) is 87.4 Å². The summed E-state index contributed by atoms with van der Waals surface area (Å²) in [5.74, 6) is -1.39. The number of carbonyl (C=O) groups excluding carboxylic acids is 1. The third-order valence-electron chi connectivity index (χ3n) is 9.55. The van der Waals surface area contributed by atoms with Crippen molar-refractivity contribution in [1.82, 2.24) is 9.55 Å². The van der Waals surface area contributed by atoms with Gasteiger partial charge in [0, 0.05) is 37.7 Å². The van der Waals surface area contributed by atoms with Gasteiger partial charge < -0.3 is 24.0 Å². The van der Waals surface area contributed by atoms with Crippen molar-refractivity contribution in [2.45, 2.75) is 70.3 Å². The van der Waals surface area contributed by atoms with Gasteiger partial charge in [-0.15, -0.1) is 0 Å². The number of hydrogen-bond donors (Lipinski definition) is 1. The van der Waals surface area contributed by atoms with Gasteiger partial charge in [0.05, 0.1) is 43.7 Å². The molecule has 11 heteroatoms. The van der Waals surface area contributed by atoms with Crippen molar-refractivity contribution in [3.8, 4) is 11.4 Å². The van der Waals surface area contributed by atoms with Crippen LogP contribution in [0.4, 0.5) is 20.3 Å². The Morgan fingerprint density at radius 3 is 2.37 bits per heavy atom. The number of carbonyl (C=O) groups is 1. The number of aromatic nitrogens is 2. The van der Waals surface area contributed by atoms with Crippen LogP contribution in [0.1, 0.15) is 74.6 Å². The molecule has 0 unspecified atom stereocenters. The fourth-order valence-electron chi connectivity index (χ4n) is 6.68. The number of hydrogen-bond acceptors (Lipinski definition) is 5. The van der Waals surface area contributed by atoms with Gasteiger partial charge in [-0.3, -0.25) is 9.59 Å². The third-order valence-corrected chi connectivity index (χ3v) is 9.85. The molecule has 0 bridgehead atoms. The van der Waals surface area contributed by atoms with Crippen molar-refractivity contribution in [2.75, 3.05) is 51.6 Å². The maximum atomic E-state index is 13.8. The summed E-state index contributed by atoms with van der Waals surface area (Å²) in [5.41, 5.74) is -0.0561. The van der Waals surface area contributed by atoms with Crippen molar-refractivity contribution in [3.05, 3.63) is 87.2 Å². The second kappa shape index (κ2) is 16.1. The number of rotatable bonds is 14. The number of unbranched alkanes of at least 4 members (excludes halogenated alkanes) is 4. The Bertz CT molecular complexity index is 1820. The zero-order valence-corrected chi connectivity index (χ0v) is 29.7. The predicted molar refractivity (Wildman–Crippen MR) is 193 cm³/mol. The molecule has 2 aromatic heterocycles. The predicted octanol–water partition coefficient (Wildman–Crippen LogP) is 8.37. The summed E-state index contributed by atoms with van der Waals surface area (Å²) in [4.78, 5) is 33.3. The Morgan fingerprint density at radius 1 is 0.980 bits per heavy atom. The molecule has 0 aliphatic heterocycles. The maximum absolute atomic E-state index is 13.8. The maximum Gasteiger partial charge on any atom is 0.261 e. The summed E-state index contributed by atoms with van der Waals surface area (Å²) in [7, 11) is 8.45. The highest BCUT2D eigenvalue weighted by atomic mass is 35.5. The molecule has 1 fully saturated rings. The van der Waals surface area contributed by atoms with E-state index < -0.39 is 23.0 Å². The van der Waals surface area contributed by atoms with Crippen LogP contribution < -0.4 is 20.4 Å². The van der Waals surface area contributed by atoms with Gasteiger partial charge >= 0.3 is 0 Å². The number of nitrogens with zero attached hydrogens (tertiary/aromatic N) is 4. The molecule has 0 saturated heterocycles. The number of pyridine rings is 2. The molecular weight excluding hydrogens is 648 g/mol. The number of benzene rings is 2. The van der Waals surface area contributed by atoms with Gasteiger partial charge in [0.1, 0.15) is 28.8 Å². The lowest BCUT2D eigenvalue weighted by Gasteiger charge is -2.40. The number of ether oxygens (including phenoxy) is 1. The van der Waals surface area contributed by atoms with Crippen LogP contribution in [0.5, 0.6) is 5.75 Å². The Balaban J connectivity index is 1.25. The highest BCUT2D eigenvalue weighted by Gasteiger charge is 2.29. The van der Waals surface area contributed by atoms with Crippen molar-refractivity contribution in [2.24, 2.45) is 0 Å². The van der Waals surface area contributed by atoms with E-state index in [4.69, 9.17) is 16.3 Å². The van der Waals surface area contributed by atoms with Crippen LogP contribution in [0.3, 0.4) is 0 Å². The van der Waals surface area contributed by atoms with E-state index >= 15 is 0 Å². The lowest BCUT2D eigenvalue weighted by Crippen LogP contribution is -2.50. The zero-order chi connectivity index (χ0) is 35.1. The molecule has 1 aliphatic carbocycles. The second-order valence-electron chi connectivity index (χ2n) is 13.8. The number of halogens is 3. The topological polar surface area (TPSA) is 76.5 Å². The molecule has 0 radical (unpaired) electrons. The van der Waals surface area contributed by atoms with Crippen LogP contribution in [0.15, 0.2) is 59.5 Å². The molecule has 262 valence electrons. The summed E-state index contributed by atoms with van der Waals surface area (Å²) in [5, 5.41) is 2.99. The van der Waals surface area contributed by atoms with Crippen molar-refractivity contribution < 1.29 is 22.8 Å². The molecule has 2 heterocycles. The van der Waals surface area contributed by atoms with Gasteiger partial charge in [-0.1, -0.05) is 30.9 Å². The normalized spacial score (nSPS) is 13.9. The minimum atomic E-state index is -0.854. The standard InChI is InChI=1S/C38H46ClF2N5O3/c1-44(2)35-18-16-31-36(47)32(38(48)42-28-22-26(40)21-27(41)23-28)25-45(37(31)43-35)29-15-17-34(33(39)24-29)49-20-12-7-5-6-11-19-46(3,4)30-13-9-8-10-14-30/h15-18,21-25,30H,5-14,19-20H2,1-4H3/p+1. The van der Waals surface area contributed by atoms with Gasteiger partial charge in [0.25, 0.3) is 5.91 Å². The average molecular weight is 695 g/mol. The first kappa shape index (κ1) is 36.3. The van der Waals surface area contributed by atoms with Crippen LogP contribution in [-0.4, -0.2) is 67.3 Å². The van der Waals surface area contributed by atoms with Gasteiger partial charge in [0.2, 0.25) is 5.43 Å². The summed E-state index contributed by atoms with van der Waals surface area (Å²) >= 11 is 6.69. The molecule has 2 aromatic carbocycles. The summed E-state index contributed by atoms with van der Waals surface area (Å²) in [6, 6.07) is 12.0. The Kier molecular flexibility index (Phi) is 11.9. The van der Waals surface area contributed by atoms with Crippen molar-refractivity contribution >= 4 is 40.0 Å². The zero-order valence-electron chi connectivity index (χ0n) is 28.9. The minimum absolute atomic E-state index is 0.114. The van der Waals surface area contributed by atoms with E-state index in [1.807, 2.05) is 14.1 Å². The molecule has 1 aliphatic rings. The number of amides is 1. The smallest absolute Gasteiger partial charge is 0.261 e. The molecule has 1 amide bonds. The summed E-state index contributed by atoms with van der Waals surface area (Å²) < 4.78 is 36.4. The Hall–Kier alpha value is -4.02. The quantitative estimate of drug-likeness (QED) is 0.106. The van der Waals surface area contributed by atoms with E-state index in [0.29, 0.717) is 40.6 Å². The van der Waals surface area contributed by atoms with E-state index in [-0.39, 0.29) is 16.6 Å².